The molecule has 0 atom stereocenters. The summed E-state index contributed by atoms with van der Waals surface area (Å²) in [7, 11) is 0. The van der Waals surface area contributed by atoms with E-state index in [1.165, 1.54) is 5.56 Å². The van der Waals surface area contributed by atoms with Gasteiger partial charge in [-0.15, -0.1) is 11.8 Å². The summed E-state index contributed by atoms with van der Waals surface area (Å²) in [6.07, 6.45) is 3.45. The van der Waals surface area contributed by atoms with Crippen LogP contribution in [0.5, 0.6) is 0 Å². The summed E-state index contributed by atoms with van der Waals surface area (Å²) in [5.74, 6) is 0.640. The van der Waals surface area contributed by atoms with Crippen molar-refractivity contribution in [1.29, 1.82) is 0 Å². The van der Waals surface area contributed by atoms with Gasteiger partial charge in [-0.05, 0) is 46.9 Å². The minimum atomic E-state index is -0.109. The predicted octanol–water partition coefficient (Wildman–Crippen LogP) is 5.51. The summed E-state index contributed by atoms with van der Waals surface area (Å²) in [5.41, 5.74) is 10.5. The molecule has 0 fully saturated rings. The molecule has 3 N–H and O–H groups in total. The monoisotopic (exact) mass is 391 g/mol. The molecule has 3 aromatic rings. The second-order valence-electron chi connectivity index (χ2n) is 7.68. The Morgan fingerprint density at radius 2 is 1.86 bits per heavy atom. The lowest BCUT2D eigenvalue weighted by Crippen LogP contribution is -2.14. The number of nitrogens with two attached hydrogens (primary N) is 1. The largest absolute Gasteiger partial charge is 0.398 e. The van der Waals surface area contributed by atoms with E-state index in [-0.39, 0.29) is 11.3 Å². The molecule has 4 nitrogen and oxygen atoms in total. The Labute approximate surface area is 170 Å². The second kappa shape index (κ2) is 8.48. The van der Waals surface area contributed by atoms with Crippen LogP contribution in [0.4, 0.5) is 11.4 Å². The van der Waals surface area contributed by atoms with Gasteiger partial charge in [0.1, 0.15) is 0 Å². The van der Waals surface area contributed by atoms with Gasteiger partial charge in [-0.2, -0.15) is 0 Å². The molecule has 1 heterocycles. The van der Waals surface area contributed by atoms with Gasteiger partial charge in [0.2, 0.25) is 0 Å². The van der Waals surface area contributed by atoms with Gasteiger partial charge in [-0.25, -0.2) is 0 Å². The van der Waals surface area contributed by atoms with E-state index in [4.69, 9.17) is 5.73 Å². The van der Waals surface area contributed by atoms with Gasteiger partial charge in [0.05, 0.1) is 0 Å². The summed E-state index contributed by atoms with van der Waals surface area (Å²) in [5, 5.41) is 2.98. The average molecular weight is 392 g/mol. The molecule has 5 heteroatoms. The third-order valence-electron chi connectivity index (χ3n) is 4.41. The molecule has 0 radical (unpaired) electrons. The van der Waals surface area contributed by atoms with Gasteiger partial charge >= 0.3 is 0 Å². The number of aromatic nitrogens is 1. The highest BCUT2D eigenvalue weighted by Crippen LogP contribution is 2.28. The van der Waals surface area contributed by atoms with E-state index in [1.54, 1.807) is 30.2 Å². The first-order valence-electron chi connectivity index (χ1n) is 9.16. The molecule has 144 valence electrons. The first-order chi connectivity index (χ1) is 13.3. The molecule has 1 amide bonds. The molecule has 0 saturated carbocycles. The van der Waals surface area contributed by atoms with Crippen molar-refractivity contribution >= 4 is 29.0 Å². The number of amides is 1. The fraction of sp³-hybridized carbons (Fsp3) is 0.217. The molecule has 0 aliphatic carbocycles. The van der Waals surface area contributed by atoms with Crippen LogP contribution < -0.4 is 11.1 Å². The summed E-state index contributed by atoms with van der Waals surface area (Å²) >= 11 is 1.63. The van der Waals surface area contributed by atoms with Gasteiger partial charge in [0.25, 0.3) is 5.91 Å². The smallest absolute Gasteiger partial charge is 0.255 e. The van der Waals surface area contributed by atoms with Crippen LogP contribution in [0.15, 0.2) is 71.9 Å². The van der Waals surface area contributed by atoms with E-state index in [9.17, 15) is 4.79 Å². The topological polar surface area (TPSA) is 68.0 Å². The fourth-order valence-electron chi connectivity index (χ4n) is 2.74. The molecule has 0 unspecified atom stereocenters. The van der Waals surface area contributed by atoms with E-state index in [0.29, 0.717) is 5.56 Å². The van der Waals surface area contributed by atoms with E-state index < -0.39 is 0 Å². The van der Waals surface area contributed by atoms with Gasteiger partial charge in [0.15, 0.2) is 0 Å². The Morgan fingerprint density at radius 3 is 2.54 bits per heavy atom. The number of nitrogens with zero attached hydrogens (tertiary/aromatic N) is 1. The number of rotatable bonds is 5. The van der Waals surface area contributed by atoms with Crippen molar-refractivity contribution in [2.75, 3.05) is 11.1 Å². The number of anilines is 2. The fourth-order valence-corrected chi connectivity index (χ4v) is 3.61. The van der Waals surface area contributed by atoms with Crippen molar-refractivity contribution in [2.45, 2.75) is 36.8 Å². The average Bonchev–Trinajstić information content (AvgIpc) is 2.67. The van der Waals surface area contributed by atoms with Crippen molar-refractivity contribution in [3.63, 3.8) is 0 Å². The molecule has 1 aromatic heterocycles. The Hall–Kier alpha value is -2.79. The van der Waals surface area contributed by atoms with Crippen LogP contribution in [0.1, 0.15) is 42.3 Å². The Morgan fingerprint density at radius 1 is 1.11 bits per heavy atom. The first-order valence-corrected chi connectivity index (χ1v) is 10.1. The normalized spacial score (nSPS) is 11.2. The molecule has 0 saturated heterocycles. The number of nitrogens with one attached hydrogen (secondary N) is 1. The number of carbonyl (C=O) groups is 1. The summed E-state index contributed by atoms with van der Waals surface area (Å²) in [4.78, 5) is 17.6. The summed E-state index contributed by atoms with van der Waals surface area (Å²) < 4.78 is 0. The number of nitrogen functional groups attached to an aromatic ring is 1. The first kappa shape index (κ1) is 20.0. The number of benzene rings is 2. The van der Waals surface area contributed by atoms with E-state index in [1.807, 2.05) is 48.5 Å². The molecule has 0 aliphatic heterocycles. The van der Waals surface area contributed by atoms with Crippen molar-refractivity contribution in [2.24, 2.45) is 0 Å². The SMILES string of the molecule is CC(C)(C)c1ccc(C(=O)Nc2cccc(CSc3cnccc3N)c2)cc1. The van der Waals surface area contributed by atoms with E-state index >= 15 is 0 Å². The zero-order valence-electron chi connectivity index (χ0n) is 16.4. The minimum Gasteiger partial charge on any atom is -0.398 e. The zero-order chi connectivity index (χ0) is 20.1. The minimum absolute atomic E-state index is 0.0681. The number of thioether (sulfide) groups is 1. The molecule has 0 bridgehead atoms. The third-order valence-corrected chi connectivity index (χ3v) is 5.54. The predicted molar refractivity (Wildman–Crippen MR) is 118 cm³/mol. The number of carbonyl (C=O) groups excluding carboxylic acids is 1. The van der Waals surface area contributed by atoms with Crippen LogP contribution in [0.25, 0.3) is 0 Å². The van der Waals surface area contributed by atoms with Gasteiger partial charge < -0.3 is 11.1 Å². The highest BCUT2D eigenvalue weighted by molar-refractivity contribution is 7.98. The standard InChI is InChI=1S/C23H25N3OS/c1-23(2,3)18-9-7-17(8-10-18)22(27)26-19-6-4-5-16(13-19)15-28-21-14-25-12-11-20(21)24/h4-14H,15H2,1-3H3,(H2,24,25)(H,26,27). The maximum absolute atomic E-state index is 12.6. The lowest BCUT2D eigenvalue weighted by molar-refractivity contribution is 0.102. The quantitative estimate of drug-likeness (QED) is 0.563. The zero-order valence-corrected chi connectivity index (χ0v) is 17.2. The molecule has 0 spiro atoms. The molecule has 3 rings (SSSR count). The Kier molecular flexibility index (Phi) is 6.05. The van der Waals surface area contributed by atoms with Crippen LogP contribution in [-0.4, -0.2) is 10.9 Å². The summed E-state index contributed by atoms with van der Waals surface area (Å²) in [6.45, 7) is 6.47. The number of hydrogen-bond acceptors (Lipinski definition) is 4. The molecule has 28 heavy (non-hydrogen) atoms. The molecule has 2 aromatic carbocycles. The molecular formula is C23H25N3OS. The van der Waals surface area contributed by atoms with Crippen LogP contribution in [-0.2, 0) is 11.2 Å². The van der Waals surface area contributed by atoms with Crippen LogP contribution in [0, 0.1) is 0 Å². The van der Waals surface area contributed by atoms with Crippen molar-refractivity contribution in [3.05, 3.63) is 83.7 Å². The molecular weight excluding hydrogens is 366 g/mol. The lowest BCUT2D eigenvalue weighted by atomic mass is 9.87. The van der Waals surface area contributed by atoms with Crippen LogP contribution >= 0.6 is 11.8 Å². The van der Waals surface area contributed by atoms with E-state index in [0.717, 1.165) is 27.6 Å². The van der Waals surface area contributed by atoms with Crippen molar-refractivity contribution in [1.82, 2.24) is 4.98 Å². The highest BCUT2D eigenvalue weighted by Gasteiger charge is 2.14. The van der Waals surface area contributed by atoms with Crippen LogP contribution in [0.2, 0.25) is 0 Å². The highest BCUT2D eigenvalue weighted by atomic mass is 32.2. The number of pyridine rings is 1. The van der Waals surface area contributed by atoms with E-state index in [2.05, 4.69) is 31.1 Å². The van der Waals surface area contributed by atoms with Gasteiger partial charge in [-0.1, -0.05) is 45.0 Å². The Bertz CT molecular complexity index is 962. The van der Waals surface area contributed by atoms with Gasteiger partial charge in [-0.3, -0.25) is 9.78 Å². The maximum Gasteiger partial charge on any atom is 0.255 e. The summed E-state index contributed by atoms with van der Waals surface area (Å²) in [6, 6.07) is 17.4. The Balaban J connectivity index is 1.65. The lowest BCUT2D eigenvalue weighted by Gasteiger charge is -2.19. The second-order valence-corrected chi connectivity index (χ2v) is 8.70. The number of hydrogen-bond donors (Lipinski definition) is 2. The maximum atomic E-state index is 12.6. The van der Waals surface area contributed by atoms with Gasteiger partial charge in [0, 0.05) is 40.0 Å². The third kappa shape index (κ3) is 5.14. The molecule has 0 aliphatic rings. The van der Waals surface area contributed by atoms with Crippen molar-refractivity contribution < 1.29 is 4.79 Å². The van der Waals surface area contributed by atoms with Crippen molar-refractivity contribution in [3.8, 4) is 0 Å². The van der Waals surface area contributed by atoms with Crippen LogP contribution in [0.3, 0.4) is 0 Å².